The molecule has 130 valence electrons. The molecule has 0 radical (unpaired) electrons. The van der Waals surface area contributed by atoms with Crippen LogP contribution >= 0.6 is 0 Å². The zero-order valence-corrected chi connectivity index (χ0v) is 13.4. The molecule has 1 amide bonds. The number of benzene rings is 1. The Labute approximate surface area is 138 Å². The van der Waals surface area contributed by atoms with Gasteiger partial charge in [0.15, 0.2) is 0 Å². The Hall–Kier alpha value is -1.98. The van der Waals surface area contributed by atoms with Crippen molar-refractivity contribution in [2.75, 3.05) is 0 Å². The van der Waals surface area contributed by atoms with E-state index in [1.807, 2.05) is 41.1 Å². The fourth-order valence-corrected chi connectivity index (χ4v) is 3.48. The standard InChI is InChI=1S/C18H21F3N2O/c19-18(20,21)14-5-3-6-15(12-14)22-17(24)9-11-23-10-8-13-4-1-2-7-16(13)23/h1-2,4,7-8,10,14-15H,3,5-6,9,11-12H2,(H,22,24). The van der Waals surface area contributed by atoms with Crippen LogP contribution in [-0.4, -0.2) is 22.7 Å². The number of amides is 1. The maximum absolute atomic E-state index is 12.8. The third-order valence-corrected chi connectivity index (χ3v) is 4.76. The van der Waals surface area contributed by atoms with Crippen molar-refractivity contribution < 1.29 is 18.0 Å². The summed E-state index contributed by atoms with van der Waals surface area (Å²) in [5.74, 6) is -1.47. The topological polar surface area (TPSA) is 34.0 Å². The molecule has 1 aliphatic rings. The molecule has 6 heteroatoms. The lowest BCUT2D eigenvalue weighted by atomic mass is 9.85. The van der Waals surface area contributed by atoms with Crippen LogP contribution in [-0.2, 0) is 11.3 Å². The Morgan fingerprint density at radius 1 is 1.21 bits per heavy atom. The first-order valence-electron chi connectivity index (χ1n) is 8.33. The molecule has 1 fully saturated rings. The highest BCUT2D eigenvalue weighted by Crippen LogP contribution is 2.37. The smallest absolute Gasteiger partial charge is 0.353 e. The largest absolute Gasteiger partial charge is 0.391 e. The molecule has 1 N–H and O–H groups in total. The first-order chi connectivity index (χ1) is 11.4. The molecule has 1 aromatic heterocycles. The summed E-state index contributed by atoms with van der Waals surface area (Å²) >= 11 is 0. The second-order valence-electron chi connectivity index (χ2n) is 6.49. The highest BCUT2D eigenvalue weighted by atomic mass is 19.4. The van der Waals surface area contributed by atoms with E-state index < -0.39 is 12.1 Å². The van der Waals surface area contributed by atoms with Crippen LogP contribution in [0.5, 0.6) is 0 Å². The minimum absolute atomic E-state index is 0.00168. The summed E-state index contributed by atoms with van der Waals surface area (Å²) in [6.07, 6.45) is -0.646. The lowest BCUT2D eigenvalue weighted by Crippen LogP contribution is -2.41. The molecule has 1 aliphatic carbocycles. The number of aromatic nitrogens is 1. The Morgan fingerprint density at radius 3 is 2.79 bits per heavy atom. The maximum Gasteiger partial charge on any atom is 0.391 e. The van der Waals surface area contributed by atoms with Crippen LogP contribution in [0.2, 0.25) is 0 Å². The number of carbonyl (C=O) groups is 1. The van der Waals surface area contributed by atoms with Crippen LogP contribution in [0, 0.1) is 5.92 Å². The van der Waals surface area contributed by atoms with Gasteiger partial charge in [0, 0.05) is 30.7 Å². The Balaban J connectivity index is 1.52. The van der Waals surface area contributed by atoms with E-state index in [0.29, 0.717) is 19.4 Å². The number of hydrogen-bond donors (Lipinski definition) is 1. The number of alkyl halides is 3. The van der Waals surface area contributed by atoms with Gasteiger partial charge in [0.1, 0.15) is 0 Å². The summed E-state index contributed by atoms with van der Waals surface area (Å²) in [7, 11) is 0. The van der Waals surface area contributed by atoms with Crippen molar-refractivity contribution in [2.24, 2.45) is 5.92 Å². The zero-order valence-electron chi connectivity index (χ0n) is 13.4. The first-order valence-corrected chi connectivity index (χ1v) is 8.33. The predicted molar refractivity (Wildman–Crippen MR) is 86.5 cm³/mol. The zero-order chi connectivity index (χ0) is 17.2. The number of halogens is 3. The number of nitrogens with one attached hydrogen (secondary N) is 1. The molecule has 0 saturated heterocycles. The Bertz CT molecular complexity index is 708. The molecule has 2 atom stereocenters. The van der Waals surface area contributed by atoms with E-state index in [1.54, 1.807) is 0 Å². The average molecular weight is 338 g/mol. The van der Waals surface area contributed by atoms with Crippen LogP contribution in [0.4, 0.5) is 13.2 Å². The Morgan fingerprint density at radius 2 is 2.00 bits per heavy atom. The van der Waals surface area contributed by atoms with Gasteiger partial charge in [-0.05, 0) is 36.8 Å². The number of aryl methyl sites for hydroxylation is 1. The lowest BCUT2D eigenvalue weighted by molar-refractivity contribution is -0.184. The lowest BCUT2D eigenvalue weighted by Gasteiger charge is -2.31. The third kappa shape index (κ3) is 3.91. The number of carbonyl (C=O) groups excluding carboxylic acids is 1. The van der Waals surface area contributed by atoms with Gasteiger partial charge in [0.05, 0.1) is 5.92 Å². The second-order valence-corrected chi connectivity index (χ2v) is 6.49. The quantitative estimate of drug-likeness (QED) is 0.887. The van der Waals surface area contributed by atoms with Crippen LogP contribution in [0.15, 0.2) is 36.5 Å². The van der Waals surface area contributed by atoms with Crippen LogP contribution in [0.1, 0.15) is 32.1 Å². The van der Waals surface area contributed by atoms with Gasteiger partial charge >= 0.3 is 6.18 Å². The van der Waals surface area contributed by atoms with Gasteiger partial charge in [-0.15, -0.1) is 0 Å². The van der Waals surface area contributed by atoms with Crippen molar-refractivity contribution in [3.8, 4) is 0 Å². The molecule has 2 unspecified atom stereocenters. The Kier molecular flexibility index (Phi) is 4.83. The van der Waals surface area contributed by atoms with Crippen molar-refractivity contribution in [2.45, 2.75) is 50.9 Å². The number of para-hydroxylation sites is 1. The average Bonchev–Trinajstić information content (AvgIpc) is 2.96. The monoisotopic (exact) mass is 338 g/mol. The number of hydrogen-bond acceptors (Lipinski definition) is 1. The molecule has 0 aliphatic heterocycles. The van der Waals surface area contributed by atoms with E-state index in [2.05, 4.69) is 5.32 Å². The van der Waals surface area contributed by atoms with Crippen molar-refractivity contribution in [1.82, 2.24) is 9.88 Å². The maximum atomic E-state index is 12.8. The first kappa shape index (κ1) is 16.9. The highest BCUT2D eigenvalue weighted by Gasteiger charge is 2.42. The minimum atomic E-state index is -4.16. The molecular weight excluding hydrogens is 317 g/mol. The summed E-state index contributed by atoms with van der Waals surface area (Å²) in [4.78, 5) is 12.1. The van der Waals surface area contributed by atoms with Gasteiger partial charge in [-0.1, -0.05) is 24.6 Å². The molecule has 3 nitrogen and oxygen atoms in total. The van der Waals surface area contributed by atoms with Gasteiger partial charge in [-0.3, -0.25) is 4.79 Å². The van der Waals surface area contributed by atoms with Gasteiger partial charge in [-0.2, -0.15) is 13.2 Å². The number of nitrogens with zero attached hydrogens (tertiary/aromatic N) is 1. The molecule has 0 bridgehead atoms. The molecule has 3 rings (SSSR count). The van der Waals surface area contributed by atoms with E-state index in [4.69, 9.17) is 0 Å². The predicted octanol–water partition coefficient (Wildman–Crippen LogP) is 4.27. The van der Waals surface area contributed by atoms with Crippen LogP contribution < -0.4 is 5.32 Å². The summed E-state index contributed by atoms with van der Waals surface area (Å²) in [5.41, 5.74) is 1.06. The summed E-state index contributed by atoms with van der Waals surface area (Å²) in [6.45, 7) is 0.523. The molecule has 0 spiro atoms. The van der Waals surface area contributed by atoms with Gasteiger partial charge in [0.2, 0.25) is 5.91 Å². The minimum Gasteiger partial charge on any atom is -0.353 e. The molecule has 1 aromatic carbocycles. The second kappa shape index (κ2) is 6.87. The van der Waals surface area contributed by atoms with Gasteiger partial charge < -0.3 is 9.88 Å². The molecule has 2 aromatic rings. The fraction of sp³-hybridized carbons (Fsp3) is 0.500. The highest BCUT2D eigenvalue weighted by molar-refractivity contribution is 5.80. The molecular formula is C18H21F3N2O. The van der Waals surface area contributed by atoms with Crippen molar-refractivity contribution >= 4 is 16.8 Å². The van der Waals surface area contributed by atoms with Crippen molar-refractivity contribution in [3.63, 3.8) is 0 Å². The summed E-state index contributed by atoms with van der Waals surface area (Å²) in [5, 5.41) is 3.89. The van der Waals surface area contributed by atoms with Gasteiger partial charge in [0.25, 0.3) is 0 Å². The van der Waals surface area contributed by atoms with E-state index >= 15 is 0 Å². The fourth-order valence-electron chi connectivity index (χ4n) is 3.48. The van der Waals surface area contributed by atoms with Gasteiger partial charge in [-0.25, -0.2) is 0 Å². The van der Waals surface area contributed by atoms with E-state index in [9.17, 15) is 18.0 Å². The summed E-state index contributed by atoms with van der Waals surface area (Å²) in [6, 6.07) is 9.52. The van der Waals surface area contributed by atoms with Crippen LogP contribution in [0.25, 0.3) is 10.9 Å². The third-order valence-electron chi connectivity index (χ3n) is 4.76. The van der Waals surface area contributed by atoms with Crippen molar-refractivity contribution in [1.29, 1.82) is 0 Å². The number of fused-ring (bicyclic) bond motifs is 1. The molecule has 1 saturated carbocycles. The van der Waals surface area contributed by atoms with E-state index in [-0.39, 0.29) is 31.2 Å². The normalized spacial score (nSPS) is 21.8. The molecule has 24 heavy (non-hydrogen) atoms. The number of rotatable bonds is 4. The SMILES string of the molecule is O=C(CCn1ccc2ccccc21)NC1CCCC(C(F)(F)F)C1. The van der Waals surface area contributed by atoms with E-state index in [1.165, 1.54) is 0 Å². The van der Waals surface area contributed by atoms with E-state index in [0.717, 1.165) is 10.9 Å². The van der Waals surface area contributed by atoms with Crippen molar-refractivity contribution in [3.05, 3.63) is 36.5 Å². The van der Waals surface area contributed by atoms with Crippen LogP contribution in [0.3, 0.4) is 0 Å². The summed E-state index contributed by atoms with van der Waals surface area (Å²) < 4.78 is 40.4. The molecule has 1 heterocycles.